The molecule has 2 heterocycles. The zero-order valence-corrected chi connectivity index (χ0v) is 41.3. The molecule has 0 N–H and O–H groups in total. The molecule has 0 aliphatic rings. The predicted molar refractivity (Wildman–Crippen MR) is 282 cm³/mol. The van der Waals surface area contributed by atoms with E-state index in [2.05, 4.69) is 0 Å². The molecule has 16 heteroatoms. The molecule has 11 aromatic rings. The van der Waals surface area contributed by atoms with Crippen LogP contribution in [-0.4, -0.2) is 19.5 Å². The third kappa shape index (κ3) is 9.87. The molecule has 9 aromatic carbocycles. The van der Waals surface area contributed by atoms with Crippen molar-refractivity contribution in [1.29, 1.82) is 0 Å². The zero-order chi connectivity index (χ0) is 55.8. The number of halogens is 12. The van der Waals surface area contributed by atoms with Crippen molar-refractivity contribution in [2.24, 2.45) is 0 Å². The molecule has 0 bridgehead atoms. The highest BCUT2D eigenvalue weighted by molar-refractivity contribution is 6.13. The molecule has 0 radical (unpaired) electrons. The average Bonchev–Trinajstić information content (AvgIpc) is 3.69. The number of alkyl halides is 12. The van der Waals surface area contributed by atoms with Gasteiger partial charge in [0.15, 0.2) is 17.5 Å². The molecule has 4 nitrogen and oxygen atoms in total. The van der Waals surface area contributed by atoms with Gasteiger partial charge in [0.05, 0.1) is 39.0 Å². The van der Waals surface area contributed by atoms with Crippen molar-refractivity contribution < 1.29 is 52.7 Å². The van der Waals surface area contributed by atoms with Crippen molar-refractivity contribution in [2.75, 3.05) is 0 Å². The second-order valence-electron chi connectivity index (χ2n) is 18.9. The standard InChI is InChI=1S/C63H38F12N4/c1-35-21-25-44(53(29-35)63(73,74)75)40-23-28-55-48(32-40)47-31-39(43-26-24-42(30-36(43)2)60(64,65)66)22-27-54(47)79(55)56-49(45-17-9-11-19-51(45)61(67,68)69)33-41(34-50(56)46-18-10-12-20-52(46)62(70,71)72)59-77-57(37-13-5-3-6-14-37)76-58(78-59)38-15-7-4-8-16-38/h3-34H,1-2H3. The molecule has 0 saturated heterocycles. The summed E-state index contributed by atoms with van der Waals surface area (Å²) in [5.74, 6) is 0.169. The number of hydrogen-bond acceptors (Lipinski definition) is 3. The Morgan fingerprint density at radius 1 is 0.316 bits per heavy atom. The van der Waals surface area contributed by atoms with Gasteiger partial charge >= 0.3 is 24.7 Å². The van der Waals surface area contributed by atoms with E-state index in [1.54, 1.807) is 72.8 Å². The lowest BCUT2D eigenvalue weighted by molar-refractivity contribution is -0.138. The maximum absolute atomic E-state index is 15.6. The predicted octanol–water partition coefficient (Wildman–Crippen LogP) is 19.3. The molecular weight excluding hydrogens is 1040 g/mol. The van der Waals surface area contributed by atoms with Gasteiger partial charge in [0.1, 0.15) is 0 Å². The summed E-state index contributed by atoms with van der Waals surface area (Å²) in [5, 5.41) is 0.459. The Hall–Kier alpha value is -9.05. The number of aromatic nitrogens is 4. The van der Waals surface area contributed by atoms with Crippen molar-refractivity contribution >= 4 is 21.8 Å². The number of rotatable bonds is 8. The highest BCUT2D eigenvalue weighted by Gasteiger charge is 2.39. The second-order valence-corrected chi connectivity index (χ2v) is 18.9. The minimum absolute atomic E-state index is 0.0124. The van der Waals surface area contributed by atoms with Crippen LogP contribution in [0.3, 0.4) is 0 Å². The molecule has 0 atom stereocenters. The lowest BCUT2D eigenvalue weighted by Gasteiger charge is -2.24. The summed E-state index contributed by atoms with van der Waals surface area (Å²) in [7, 11) is 0. The van der Waals surface area contributed by atoms with Crippen LogP contribution in [-0.2, 0) is 24.7 Å². The molecule has 79 heavy (non-hydrogen) atoms. The van der Waals surface area contributed by atoms with Crippen LogP contribution < -0.4 is 0 Å². The van der Waals surface area contributed by atoms with E-state index in [1.807, 2.05) is 0 Å². The monoisotopic (exact) mass is 1080 g/mol. The number of fused-ring (bicyclic) bond motifs is 3. The lowest BCUT2D eigenvalue weighted by Crippen LogP contribution is -2.11. The van der Waals surface area contributed by atoms with Gasteiger partial charge in [0.2, 0.25) is 0 Å². The summed E-state index contributed by atoms with van der Waals surface area (Å²) >= 11 is 0. The minimum atomic E-state index is -5.05. The summed E-state index contributed by atoms with van der Waals surface area (Å²) in [6.45, 7) is 2.97. The van der Waals surface area contributed by atoms with E-state index in [9.17, 15) is 26.3 Å². The molecule has 0 amide bonds. The number of nitrogens with zero attached hydrogens (tertiary/aromatic N) is 4. The van der Waals surface area contributed by atoms with Gasteiger partial charge < -0.3 is 4.57 Å². The third-order valence-corrected chi connectivity index (χ3v) is 13.8. The minimum Gasteiger partial charge on any atom is -0.308 e. The normalized spacial score (nSPS) is 12.4. The summed E-state index contributed by atoms with van der Waals surface area (Å²) < 4.78 is 181. The third-order valence-electron chi connectivity index (χ3n) is 13.8. The van der Waals surface area contributed by atoms with Gasteiger partial charge in [-0.2, -0.15) is 52.7 Å². The van der Waals surface area contributed by atoms with Crippen molar-refractivity contribution in [3.8, 4) is 84.4 Å². The first kappa shape index (κ1) is 52.0. The summed E-state index contributed by atoms with van der Waals surface area (Å²) in [4.78, 5) is 14.4. The fraction of sp³-hybridized carbons (Fsp3) is 0.0952. The van der Waals surface area contributed by atoms with Crippen molar-refractivity contribution in [3.63, 3.8) is 0 Å². The second kappa shape index (κ2) is 19.4. The van der Waals surface area contributed by atoms with Gasteiger partial charge in [-0.15, -0.1) is 0 Å². The van der Waals surface area contributed by atoms with Gasteiger partial charge in [0, 0.05) is 38.6 Å². The Morgan fingerprint density at radius 3 is 1.20 bits per heavy atom. The highest BCUT2D eigenvalue weighted by Crippen LogP contribution is 2.50. The van der Waals surface area contributed by atoms with Crippen LogP contribution in [0.25, 0.3) is 106 Å². The number of aryl methyl sites for hydroxylation is 2. The van der Waals surface area contributed by atoms with Crippen LogP contribution in [0.2, 0.25) is 0 Å². The topological polar surface area (TPSA) is 43.6 Å². The van der Waals surface area contributed by atoms with Crippen LogP contribution in [0, 0.1) is 13.8 Å². The van der Waals surface area contributed by atoms with Crippen LogP contribution in [0.5, 0.6) is 0 Å². The average molecular weight is 1080 g/mol. The van der Waals surface area contributed by atoms with Crippen molar-refractivity contribution in [1.82, 2.24) is 19.5 Å². The maximum atomic E-state index is 15.6. The Balaban J connectivity index is 1.31. The zero-order valence-electron chi connectivity index (χ0n) is 41.3. The van der Waals surface area contributed by atoms with Gasteiger partial charge in [-0.25, -0.2) is 15.0 Å². The first-order valence-corrected chi connectivity index (χ1v) is 24.4. The largest absolute Gasteiger partial charge is 0.417 e. The summed E-state index contributed by atoms with van der Waals surface area (Å²) in [6.07, 6.45) is -19.6. The van der Waals surface area contributed by atoms with Crippen LogP contribution in [0.1, 0.15) is 33.4 Å². The van der Waals surface area contributed by atoms with E-state index in [0.29, 0.717) is 27.8 Å². The Kier molecular flexibility index (Phi) is 12.8. The number of benzene rings is 9. The summed E-state index contributed by atoms with van der Waals surface area (Å²) in [6, 6.07) is 45.2. The Morgan fingerprint density at radius 2 is 0.747 bits per heavy atom. The molecule has 0 fully saturated rings. The molecule has 0 saturated carbocycles. The van der Waals surface area contributed by atoms with Crippen LogP contribution >= 0.6 is 0 Å². The molecule has 0 spiro atoms. The van der Waals surface area contributed by atoms with Gasteiger partial charge in [0.25, 0.3) is 0 Å². The van der Waals surface area contributed by atoms with Crippen molar-refractivity contribution in [3.05, 3.63) is 228 Å². The fourth-order valence-corrected chi connectivity index (χ4v) is 10.2. The molecule has 394 valence electrons. The van der Waals surface area contributed by atoms with Gasteiger partial charge in [-0.05, 0) is 120 Å². The van der Waals surface area contributed by atoms with Crippen LogP contribution in [0.4, 0.5) is 52.7 Å². The SMILES string of the molecule is Cc1ccc(-c2ccc3c(c2)c2cc(-c4ccc(C(F)(F)F)cc4C)ccc2n3-c2c(-c3ccccc3C(F)(F)F)cc(-c3nc(-c4ccccc4)nc(-c4ccccc4)n3)cc2-c2ccccc2C(F)(F)F)c(C(F)(F)F)c1. The van der Waals surface area contributed by atoms with Crippen molar-refractivity contribution in [2.45, 2.75) is 38.6 Å². The Bertz CT molecular complexity index is 4020. The smallest absolute Gasteiger partial charge is 0.308 e. The van der Waals surface area contributed by atoms with Gasteiger partial charge in [-0.1, -0.05) is 133 Å². The maximum Gasteiger partial charge on any atom is 0.417 e. The van der Waals surface area contributed by atoms with E-state index in [0.717, 1.165) is 30.3 Å². The first-order valence-electron chi connectivity index (χ1n) is 24.4. The lowest BCUT2D eigenvalue weighted by atomic mass is 9.88. The molecule has 0 aliphatic heterocycles. The quantitative estimate of drug-likeness (QED) is 0.142. The highest BCUT2D eigenvalue weighted by atomic mass is 19.4. The Labute approximate surface area is 443 Å². The van der Waals surface area contributed by atoms with Gasteiger partial charge in [-0.3, -0.25) is 0 Å². The van der Waals surface area contributed by atoms with E-state index in [1.165, 1.54) is 109 Å². The van der Waals surface area contributed by atoms with E-state index in [4.69, 9.17) is 15.0 Å². The molecular formula is C63H38F12N4. The number of hydrogen-bond donors (Lipinski definition) is 0. The van der Waals surface area contributed by atoms with E-state index in [-0.39, 0.29) is 78.3 Å². The molecule has 2 aromatic heterocycles. The first-order chi connectivity index (χ1) is 37.5. The molecule has 0 unspecified atom stereocenters. The molecule has 11 rings (SSSR count). The van der Waals surface area contributed by atoms with E-state index >= 15 is 26.3 Å². The molecule has 0 aliphatic carbocycles. The fourth-order valence-electron chi connectivity index (χ4n) is 10.2. The summed E-state index contributed by atoms with van der Waals surface area (Å²) in [5.41, 5.74) is -3.39. The van der Waals surface area contributed by atoms with Crippen LogP contribution in [0.15, 0.2) is 194 Å². The van der Waals surface area contributed by atoms with E-state index < -0.39 is 58.1 Å².